The first kappa shape index (κ1) is 41.0. The molecule has 0 aromatic heterocycles. The molecule has 1 N–H and O–H groups in total. The van der Waals surface area contributed by atoms with Crippen molar-refractivity contribution in [1.29, 1.82) is 0 Å². The Labute approximate surface area is 329 Å². The van der Waals surface area contributed by atoms with Crippen LogP contribution in [0.3, 0.4) is 0 Å². The van der Waals surface area contributed by atoms with Crippen molar-refractivity contribution in [3.63, 3.8) is 0 Å². The molecule has 298 valence electrons. The SMILES string of the molecule is CC(=O)N(CC[C@@]12CC[C@]3(C)[C@H](CC[C@@H]4[C@@]5(C)CC[C@H](OC(=O)CC(C)(C)C(=O)O)C(C)(C)[C@@H]5CC[C@]43C)C1=C(C(C)C)C(=O)C2)Cc1ccc(Cl)cc1. The van der Waals surface area contributed by atoms with Crippen molar-refractivity contribution in [3.8, 4) is 0 Å². The van der Waals surface area contributed by atoms with Crippen LogP contribution >= 0.6 is 11.6 Å². The number of carbonyl (C=O) groups is 4. The Balaban J connectivity index is 1.27. The lowest BCUT2D eigenvalue weighted by Crippen LogP contribution is -2.65. The average Bonchev–Trinajstić information content (AvgIpc) is 3.37. The molecular weight excluding hydrogens is 698 g/mol. The number of benzene rings is 1. The minimum Gasteiger partial charge on any atom is -0.481 e. The first-order valence-electron chi connectivity index (χ1n) is 20.7. The van der Waals surface area contributed by atoms with E-state index in [-0.39, 0.29) is 51.4 Å². The molecule has 0 heterocycles. The van der Waals surface area contributed by atoms with Gasteiger partial charge in [0.05, 0.1) is 11.8 Å². The normalized spacial score (nSPS) is 35.8. The van der Waals surface area contributed by atoms with Gasteiger partial charge in [-0.15, -0.1) is 0 Å². The maximum absolute atomic E-state index is 14.1. The molecule has 1 aromatic carbocycles. The third kappa shape index (κ3) is 6.58. The highest BCUT2D eigenvalue weighted by molar-refractivity contribution is 6.30. The lowest BCUT2D eigenvalue weighted by atomic mass is 9.33. The molecule has 6 rings (SSSR count). The predicted octanol–water partition coefficient (Wildman–Crippen LogP) is 10.5. The van der Waals surface area contributed by atoms with Gasteiger partial charge in [-0.25, -0.2) is 0 Å². The zero-order valence-electron chi connectivity index (χ0n) is 34.7. The van der Waals surface area contributed by atoms with Crippen molar-refractivity contribution in [2.24, 2.45) is 56.2 Å². The molecule has 8 heteroatoms. The van der Waals surface area contributed by atoms with E-state index in [1.54, 1.807) is 20.8 Å². The number of amides is 1. The van der Waals surface area contributed by atoms with Crippen LogP contribution in [0.1, 0.15) is 145 Å². The van der Waals surface area contributed by atoms with Crippen molar-refractivity contribution in [2.45, 2.75) is 153 Å². The molecule has 7 nitrogen and oxygen atoms in total. The second-order valence-electron chi connectivity index (χ2n) is 20.5. The van der Waals surface area contributed by atoms with Crippen LogP contribution in [-0.4, -0.2) is 46.3 Å². The summed E-state index contributed by atoms with van der Waals surface area (Å²) in [6.45, 7) is 22.6. The number of carbonyl (C=O) groups excluding carboxylic acids is 3. The Morgan fingerprint density at radius 1 is 0.926 bits per heavy atom. The topological polar surface area (TPSA) is 101 Å². The van der Waals surface area contributed by atoms with Crippen LogP contribution in [0.4, 0.5) is 0 Å². The fourth-order valence-electron chi connectivity index (χ4n) is 13.4. The fraction of sp³-hybridized carbons (Fsp3) is 0.739. The van der Waals surface area contributed by atoms with E-state index < -0.39 is 17.4 Å². The van der Waals surface area contributed by atoms with E-state index in [2.05, 4.69) is 48.5 Å². The van der Waals surface area contributed by atoms with Gasteiger partial charge in [0.15, 0.2) is 5.78 Å². The van der Waals surface area contributed by atoms with Crippen molar-refractivity contribution in [2.75, 3.05) is 6.54 Å². The van der Waals surface area contributed by atoms with E-state index >= 15 is 0 Å². The standard InChI is InChI=1S/C46H66ClNO6/c1-28(2)38-33(50)25-46(23-24-48(29(3)49)27-30-11-13-31(47)14-12-30)22-21-44(9)32(39(38)46)15-16-35-43(8)19-18-36(54-37(51)26-41(4,5)40(52)53)42(6,7)34(43)17-20-45(35,44)10/h11-14,28,32,34-36H,15-27H2,1-10H3,(H,52,53)/t32-,34+,35-,36+,43+,44-,45-,46-/m1/s1. The summed E-state index contributed by atoms with van der Waals surface area (Å²) in [5, 5.41) is 10.3. The lowest BCUT2D eigenvalue weighted by molar-refractivity contribution is -0.233. The fourth-order valence-corrected chi connectivity index (χ4v) is 13.5. The summed E-state index contributed by atoms with van der Waals surface area (Å²) in [7, 11) is 0. The van der Waals surface area contributed by atoms with Crippen LogP contribution in [0.15, 0.2) is 35.4 Å². The highest BCUT2D eigenvalue weighted by atomic mass is 35.5. The Kier molecular flexibility index (Phi) is 10.7. The van der Waals surface area contributed by atoms with Gasteiger partial charge in [0, 0.05) is 42.3 Å². The number of allylic oxidation sites excluding steroid dienone is 2. The Bertz CT molecular complexity index is 1710. The van der Waals surface area contributed by atoms with E-state index in [0.29, 0.717) is 48.1 Å². The number of aliphatic carboxylic acids is 1. The second-order valence-corrected chi connectivity index (χ2v) is 20.9. The van der Waals surface area contributed by atoms with Crippen LogP contribution in [0.2, 0.25) is 5.02 Å². The summed E-state index contributed by atoms with van der Waals surface area (Å²) < 4.78 is 6.18. The zero-order valence-corrected chi connectivity index (χ0v) is 35.5. The average molecular weight is 764 g/mol. The predicted molar refractivity (Wildman–Crippen MR) is 213 cm³/mol. The third-order valence-corrected chi connectivity index (χ3v) is 16.8. The molecule has 8 atom stereocenters. The molecule has 4 saturated carbocycles. The van der Waals surface area contributed by atoms with Crippen LogP contribution in [0, 0.1) is 56.2 Å². The van der Waals surface area contributed by atoms with Gasteiger partial charge in [-0.1, -0.05) is 77.8 Å². The van der Waals surface area contributed by atoms with Crippen molar-refractivity contribution in [3.05, 3.63) is 46.0 Å². The molecule has 4 fully saturated rings. The van der Waals surface area contributed by atoms with E-state index in [0.717, 1.165) is 68.9 Å². The van der Waals surface area contributed by atoms with E-state index in [1.807, 2.05) is 29.2 Å². The Morgan fingerprint density at radius 2 is 1.59 bits per heavy atom. The largest absolute Gasteiger partial charge is 0.481 e. The van der Waals surface area contributed by atoms with Gasteiger partial charge in [0.25, 0.3) is 0 Å². The summed E-state index contributed by atoms with van der Waals surface area (Å²) in [6.07, 6.45) is 9.18. The minimum absolute atomic E-state index is 0.0347. The maximum atomic E-state index is 14.1. The molecule has 0 spiro atoms. The molecule has 1 amide bonds. The van der Waals surface area contributed by atoms with Gasteiger partial charge in [0.2, 0.25) is 5.91 Å². The minimum atomic E-state index is -1.16. The molecule has 0 bridgehead atoms. The molecule has 0 radical (unpaired) electrons. The molecule has 1 aromatic rings. The number of esters is 1. The number of carboxylic acids is 1. The highest BCUT2D eigenvalue weighted by Gasteiger charge is 2.70. The molecule has 54 heavy (non-hydrogen) atoms. The number of rotatable bonds is 10. The van der Waals surface area contributed by atoms with Gasteiger partial charge in [-0.05, 0) is 135 Å². The zero-order chi connectivity index (χ0) is 39.8. The lowest BCUT2D eigenvalue weighted by Gasteiger charge is -2.72. The molecule has 0 saturated heterocycles. The summed E-state index contributed by atoms with van der Waals surface area (Å²) in [4.78, 5) is 54.0. The Morgan fingerprint density at radius 3 is 2.20 bits per heavy atom. The smallest absolute Gasteiger partial charge is 0.309 e. The van der Waals surface area contributed by atoms with Crippen LogP contribution in [0.5, 0.6) is 0 Å². The third-order valence-electron chi connectivity index (χ3n) is 16.5. The van der Waals surface area contributed by atoms with Gasteiger partial charge in [-0.2, -0.15) is 0 Å². The number of hydrogen-bond donors (Lipinski definition) is 1. The quantitative estimate of drug-likeness (QED) is 0.238. The maximum Gasteiger partial charge on any atom is 0.309 e. The van der Waals surface area contributed by atoms with Crippen molar-refractivity contribution < 1.29 is 29.0 Å². The van der Waals surface area contributed by atoms with Crippen LogP contribution in [-0.2, 0) is 30.5 Å². The summed E-state index contributed by atoms with van der Waals surface area (Å²) in [6, 6.07) is 7.72. The monoisotopic (exact) mass is 763 g/mol. The summed E-state index contributed by atoms with van der Waals surface area (Å²) in [5.41, 5.74) is 2.15. The second kappa shape index (κ2) is 14.1. The van der Waals surface area contributed by atoms with Gasteiger partial charge in [0.1, 0.15) is 6.10 Å². The van der Waals surface area contributed by atoms with E-state index in [9.17, 15) is 24.3 Å². The van der Waals surface area contributed by atoms with Gasteiger partial charge in [-0.3, -0.25) is 19.2 Å². The van der Waals surface area contributed by atoms with Gasteiger partial charge >= 0.3 is 11.9 Å². The number of halogens is 1. The number of ether oxygens (including phenoxy) is 1. The van der Waals surface area contributed by atoms with Crippen molar-refractivity contribution in [1.82, 2.24) is 4.90 Å². The van der Waals surface area contributed by atoms with Crippen LogP contribution in [0.25, 0.3) is 0 Å². The summed E-state index contributed by atoms with van der Waals surface area (Å²) >= 11 is 6.16. The number of hydrogen-bond acceptors (Lipinski definition) is 5. The Hall–Kier alpha value is -2.67. The van der Waals surface area contributed by atoms with Crippen molar-refractivity contribution >= 4 is 35.2 Å². The number of fused-ring (bicyclic) bond motifs is 7. The molecular formula is C46H66ClNO6. The molecule has 5 aliphatic rings. The van der Waals surface area contributed by atoms with Crippen LogP contribution < -0.4 is 0 Å². The number of Topliss-reactive ketones (excluding diaryl/α,β-unsaturated/α-hetero) is 1. The van der Waals surface area contributed by atoms with Gasteiger partial charge < -0.3 is 14.7 Å². The number of nitrogens with zero attached hydrogens (tertiary/aromatic N) is 1. The first-order chi connectivity index (χ1) is 25.0. The molecule has 5 aliphatic carbocycles. The highest BCUT2D eigenvalue weighted by Crippen LogP contribution is 2.77. The first-order valence-corrected chi connectivity index (χ1v) is 21.1. The molecule has 0 unspecified atom stereocenters. The van der Waals surface area contributed by atoms with E-state index in [4.69, 9.17) is 16.3 Å². The van der Waals surface area contributed by atoms with E-state index in [1.165, 1.54) is 5.57 Å². The number of carboxylic acid groups (broad SMARTS) is 1. The number of ketones is 1. The summed E-state index contributed by atoms with van der Waals surface area (Å²) in [5.74, 6) is 0.343. The molecule has 0 aliphatic heterocycles.